The lowest BCUT2D eigenvalue weighted by Gasteiger charge is -2.10. The van der Waals surface area contributed by atoms with E-state index in [9.17, 15) is 0 Å². The van der Waals surface area contributed by atoms with Crippen LogP contribution in [-0.4, -0.2) is 19.9 Å². The molecule has 2 heterocycles. The van der Waals surface area contributed by atoms with E-state index in [1.165, 1.54) is 0 Å². The molecule has 0 aliphatic carbocycles. The van der Waals surface area contributed by atoms with Crippen molar-refractivity contribution in [3.05, 3.63) is 54.4 Å². The van der Waals surface area contributed by atoms with E-state index in [2.05, 4.69) is 32.2 Å². The number of hydrogen-bond acceptors (Lipinski definition) is 4. The zero-order valence-corrected chi connectivity index (χ0v) is 10.7. The second-order valence-electron chi connectivity index (χ2n) is 4.43. The zero-order chi connectivity index (χ0) is 13.1. The van der Waals surface area contributed by atoms with Crippen LogP contribution in [0.25, 0.3) is 11.0 Å². The number of aromatic amines is 1. The Morgan fingerprint density at radius 3 is 2.84 bits per heavy atom. The molecule has 0 spiro atoms. The maximum absolute atomic E-state index is 4.57. The Morgan fingerprint density at radius 2 is 2.05 bits per heavy atom. The smallest absolute Gasteiger partial charge is 0.122 e. The van der Waals surface area contributed by atoms with Gasteiger partial charge in [-0.2, -0.15) is 0 Å². The molecule has 19 heavy (non-hydrogen) atoms. The van der Waals surface area contributed by atoms with Gasteiger partial charge in [0.05, 0.1) is 29.0 Å². The first kappa shape index (κ1) is 11.8. The van der Waals surface area contributed by atoms with Crippen molar-refractivity contribution in [3.8, 4) is 0 Å². The van der Waals surface area contributed by atoms with Crippen LogP contribution in [-0.2, 0) is 6.54 Å². The number of para-hydroxylation sites is 2. The van der Waals surface area contributed by atoms with Crippen molar-refractivity contribution in [3.63, 3.8) is 0 Å². The van der Waals surface area contributed by atoms with Crippen molar-refractivity contribution < 1.29 is 0 Å². The molecule has 1 aromatic carbocycles. The van der Waals surface area contributed by atoms with Crippen LogP contribution in [0.4, 0.5) is 0 Å². The van der Waals surface area contributed by atoms with Gasteiger partial charge in [-0.15, -0.1) is 0 Å². The molecule has 0 saturated heterocycles. The van der Waals surface area contributed by atoms with Crippen molar-refractivity contribution in [1.29, 1.82) is 0 Å². The van der Waals surface area contributed by atoms with Gasteiger partial charge in [-0.25, -0.2) is 9.97 Å². The minimum atomic E-state index is 0.156. The topological polar surface area (TPSA) is 66.5 Å². The second-order valence-corrected chi connectivity index (χ2v) is 4.43. The number of H-pyrrole nitrogens is 1. The van der Waals surface area contributed by atoms with Crippen molar-refractivity contribution in [2.75, 3.05) is 0 Å². The monoisotopic (exact) mass is 253 g/mol. The van der Waals surface area contributed by atoms with E-state index in [-0.39, 0.29) is 6.04 Å². The highest BCUT2D eigenvalue weighted by atomic mass is 15.0. The summed E-state index contributed by atoms with van der Waals surface area (Å²) >= 11 is 0. The largest absolute Gasteiger partial charge is 0.347 e. The number of benzene rings is 1. The van der Waals surface area contributed by atoms with E-state index in [0.29, 0.717) is 6.54 Å². The molecule has 0 saturated carbocycles. The summed E-state index contributed by atoms with van der Waals surface area (Å²) in [6, 6.07) is 8.03. The Labute approximate surface area is 111 Å². The quantitative estimate of drug-likeness (QED) is 0.748. The first-order chi connectivity index (χ1) is 9.33. The lowest BCUT2D eigenvalue weighted by atomic mass is 10.3. The molecule has 0 bridgehead atoms. The summed E-state index contributed by atoms with van der Waals surface area (Å²) in [5, 5.41) is 3.37. The number of aromatic nitrogens is 4. The molecular weight excluding hydrogens is 238 g/mol. The van der Waals surface area contributed by atoms with Gasteiger partial charge in [-0.3, -0.25) is 4.98 Å². The van der Waals surface area contributed by atoms with Gasteiger partial charge < -0.3 is 10.3 Å². The molecule has 2 aromatic heterocycles. The van der Waals surface area contributed by atoms with Gasteiger partial charge in [0.1, 0.15) is 5.82 Å². The molecule has 0 aliphatic rings. The maximum Gasteiger partial charge on any atom is 0.122 e. The van der Waals surface area contributed by atoms with Gasteiger partial charge in [0.25, 0.3) is 0 Å². The summed E-state index contributed by atoms with van der Waals surface area (Å²) in [5.41, 5.74) is 2.77. The van der Waals surface area contributed by atoms with Gasteiger partial charge in [0, 0.05) is 18.9 Å². The Kier molecular flexibility index (Phi) is 3.20. The SMILES string of the molecule is CC(NCc1cnc2ccccc2n1)c1ncc[nH]1. The summed E-state index contributed by atoms with van der Waals surface area (Å²) < 4.78 is 0. The van der Waals surface area contributed by atoms with Crippen molar-refractivity contribution in [1.82, 2.24) is 25.3 Å². The predicted molar refractivity (Wildman–Crippen MR) is 73.4 cm³/mol. The highest BCUT2D eigenvalue weighted by molar-refractivity contribution is 5.73. The highest BCUT2D eigenvalue weighted by Crippen LogP contribution is 2.10. The van der Waals surface area contributed by atoms with E-state index < -0.39 is 0 Å². The van der Waals surface area contributed by atoms with Crippen LogP contribution in [0.1, 0.15) is 24.5 Å². The molecule has 1 unspecified atom stereocenters. The fourth-order valence-corrected chi connectivity index (χ4v) is 1.95. The molecule has 0 fully saturated rings. The fraction of sp³-hybridized carbons (Fsp3) is 0.214. The Hall–Kier alpha value is -2.27. The molecule has 0 amide bonds. The third-order valence-electron chi connectivity index (χ3n) is 3.02. The predicted octanol–water partition coefficient (Wildman–Crippen LogP) is 2.20. The minimum absolute atomic E-state index is 0.156. The van der Waals surface area contributed by atoms with Gasteiger partial charge in [-0.05, 0) is 19.1 Å². The third-order valence-corrected chi connectivity index (χ3v) is 3.02. The van der Waals surface area contributed by atoms with Crippen LogP contribution in [0.2, 0.25) is 0 Å². The molecule has 1 atom stereocenters. The van der Waals surface area contributed by atoms with Crippen LogP contribution < -0.4 is 5.32 Å². The first-order valence-corrected chi connectivity index (χ1v) is 6.26. The van der Waals surface area contributed by atoms with E-state index in [1.54, 1.807) is 6.20 Å². The molecule has 5 heteroatoms. The summed E-state index contributed by atoms with van der Waals surface area (Å²) in [5.74, 6) is 0.925. The van der Waals surface area contributed by atoms with E-state index in [1.807, 2.05) is 36.7 Å². The lowest BCUT2D eigenvalue weighted by Crippen LogP contribution is -2.20. The van der Waals surface area contributed by atoms with Gasteiger partial charge in [0.2, 0.25) is 0 Å². The van der Waals surface area contributed by atoms with Crippen molar-refractivity contribution in [2.45, 2.75) is 19.5 Å². The number of imidazole rings is 1. The summed E-state index contributed by atoms with van der Waals surface area (Å²) in [4.78, 5) is 16.3. The summed E-state index contributed by atoms with van der Waals surface area (Å²) in [7, 11) is 0. The fourth-order valence-electron chi connectivity index (χ4n) is 1.95. The number of nitrogens with one attached hydrogen (secondary N) is 2. The molecule has 96 valence electrons. The molecule has 3 aromatic rings. The zero-order valence-electron chi connectivity index (χ0n) is 10.7. The Morgan fingerprint density at radius 1 is 1.21 bits per heavy atom. The molecule has 0 radical (unpaired) electrons. The van der Waals surface area contributed by atoms with Crippen LogP contribution in [0.3, 0.4) is 0 Å². The summed E-state index contributed by atoms with van der Waals surface area (Å²) in [6.07, 6.45) is 5.39. The van der Waals surface area contributed by atoms with Crippen molar-refractivity contribution >= 4 is 11.0 Å². The normalized spacial score (nSPS) is 12.7. The molecule has 2 N–H and O–H groups in total. The van der Waals surface area contributed by atoms with E-state index in [0.717, 1.165) is 22.6 Å². The maximum atomic E-state index is 4.57. The van der Waals surface area contributed by atoms with Crippen LogP contribution in [0.15, 0.2) is 42.9 Å². The first-order valence-electron chi connectivity index (χ1n) is 6.26. The van der Waals surface area contributed by atoms with E-state index in [4.69, 9.17) is 0 Å². The third kappa shape index (κ3) is 2.61. The lowest BCUT2D eigenvalue weighted by molar-refractivity contribution is 0.545. The van der Waals surface area contributed by atoms with E-state index >= 15 is 0 Å². The highest BCUT2D eigenvalue weighted by Gasteiger charge is 2.07. The molecular formula is C14H15N5. The number of rotatable bonds is 4. The van der Waals surface area contributed by atoms with Crippen molar-refractivity contribution in [2.24, 2.45) is 0 Å². The average Bonchev–Trinajstić information content (AvgIpc) is 2.99. The van der Waals surface area contributed by atoms with Gasteiger partial charge in [-0.1, -0.05) is 12.1 Å². The Balaban J connectivity index is 1.71. The van der Waals surface area contributed by atoms with Gasteiger partial charge in [0.15, 0.2) is 0 Å². The summed E-state index contributed by atoms with van der Waals surface area (Å²) in [6.45, 7) is 2.73. The number of fused-ring (bicyclic) bond motifs is 1. The molecule has 5 nitrogen and oxygen atoms in total. The number of hydrogen-bond donors (Lipinski definition) is 2. The van der Waals surface area contributed by atoms with Gasteiger partial charge >= 0.3 is 0 Å². The second kappa shape index (κ2) is 5.16. The minimum Gasteiger partial charge on any atom is -0.347 e. The molecule has 0 aliphatic heterocycles. The van der Waals surface area contributed by atoms with Crippen LogP contribution >= 0.6 is 0 Å². The average molecular weight is 253 g/mol. The molecule has 3 rings (SSSR count). The number of nitrogens with zero attached hydrogens (tertiary/aromatic N) is 3. The van der Waals surface area contributed by atoms with Crippen LogP contribution in [0.5, 0.6) is 0 Å². The standard InChI is InChI=1S/C14H15N5/c1-10(14-15-6-7-16-14)17-8-11-9-18-12-4-2-3-5-13(12)19-11/h2-7,9-10,17H,8H2,1H3,(H,15,16). The van der Waals surface area contributed by atoms with Crippen LogP contribution in [0, 0.1) is 0 Å². The Bertz CT molecular complexity index is 662.